The van der Waals surface area contributed by atoms with Gasteiger partial charge >= 0.3 is 5.69 Å². The van der Waals surface area contributed by atoms with Gasteiger partial charge in [0.25, 0.3) is 14.2 Å². The Morgan fingerprint density at radius 3 is 2.11 bits per heavy atom. The van der Waals surface area contributed by atoms with E-state index in [1.54, 1.807) is 37.4 Å². The summed E-state index contributed by atoms with van der Waals surface area (Å²) in [6.45, 7) is 11.0. The lowest BCUT2D eigenvalue weighted by atomic mass is 9.94. The molecule has 0 radical (unpaired) electrons. The molecule has 0 unspecified atom stereocenters. The first-order valence-corrected chi connectivity index (χ1v) is 21.0. The first-order chi connectivity index (χ1) is 27.0. The average molecular weight is 766 g/mol. The molecule has 8 rings (SSSR count). The number of aryl methyl sites for hydroxylation is 1. The van der Waals surface area contributed by atoms with Gasteiger partial charge < -0.3 is 24.0 Å². The van der Waals surface area contributed by atoms with Crippen molar-refractivity contribution in [1.29, 1.82) is 0 Å². The van der Waals surface area contributed by atoms with Crippen molar-refractivity contribution in [2.45, 2.75) is 76.4 Å². The van der Waals surface area contributed by atoms with E-state index in [-0.39, 0.29) is 23.4 Å². The van der Waals surface area contributed by atoms with Crippen molar-refractivity contribution in [3.63, 3.8) is 0 Å². The fourth-order valence-electron chi connectivity index (χ4n) is 8.43. The first kappa shape index (κ1) is 37.7. The molecule has 9 nitrogen and oxygen atoms in total. The van der Waals surface area contributed by atoms with E-state index < -0.39 is 44.1 Å². The third-order valence-electron chi connectivity index (χ3n) is 11.3. The molecule has 2 aliphatic heterocycles. The topological polar surface area (TPSA) is 101 Å². The second-order valence-corrected chi connectivity index (χ2v) is 20.2. The highest BCUT2D eigenvalue weighted by Gasteiger charge is 2.68. The van der Waals surface area contributed by atoms with Crippen LogP contribution in [-0.2, 0) is 25.2 Å². The van der Waals surface area contributed by atoms with Gasteiger partial charge in [0.2, 0.25) is 0 Å². The number of ether oxygens (including phenoxy) is 3. The predicted molar refractivity (Wildman–Crippen MR) is 221 cm³/mol. The summed E-state index contributed by atoms with van der Waals surface area (Å²) in [6.07, 6.45) is -0.883. The summed E-state index contributed by atoms with van der Waals surface area (Å²) >= 11 is 0. The van der Waals surface area contributed by atoms with Gasteiger partial charge in [-0.25, -0.2) is 4.79 Å². The molecule has 0 saturated carbocycles. The summed E-state index contributed by atoms with van der Waals surface area (Å²) < 4.78 is 29.7. The van der Waals surface area contributed by atoms with E-state index in [1.165, 1.54) is 4.57 Å². The Balaban J connectivity index is 1.17. The third kappa shape index (κ3) is 6.71. The van der Waals surface area contributed by atoms with Crippen LogP contribution in [0.3, 0.4) is 0 Å². The number of nitrogens with zero attached hydrogens (tertiary/aromatic N) is 2. The van der Waals surface area contributed by atoms with E-state index in [0.717, 1.165) is 26.7 Å². The van der Waals surface area contributed by atoms with Crippen molar-refractivity contribution in [3.05, 3.63) is 167 Å². The zero-order valence-electron chi connectivity index (χ0n) is 32.3. The lowest BCUT2D eigenvalue weighted by Gasteiger charge is -2.46. The van der Waals surface area contributed by atoms with E-state index in [1.807, 2.05) is 37.3 Å². The van der Waals surface area contributed by atoms with Gasteiger partial charge in [0.15, 0.2) is 6.23 Å². The number of anilines is 1. The number of benzene rings is 5. The molecular weight excluding hydrogens is 719 g/mol. The minimum Gasteiger partial charge on any atom is -0.404 e. The quantitative estimate of drug-likeness (QED) is 0.140. The lowest BCUT2D eigenvalue weighted by Crippen LogP contribution is -2.68. The molecule has 2 aliphatic rings. The van der Waals surface area contributed by atoms with Gasteiger partial charge in [-0.05, 0) is 63.8 Å². The number of aromatic nitrogens is 2. The Hall–Kier alpha value is -5.23. The number of fused-ring (bicyclic) bond motifs is 3. The number of nitrogens with one attached hydrogen (secondary N) is 1. The van der Waals surface area contributed by atoms with Crippen LogP contribution in [0.25, 0.3) is 10.8 Å². The predicted octanol–water partition coefficient (Wildman–Crippen LogP) is 7.17. The van der Waals surface area contributed by atoms with Crippen LogP contribution in [0.2, 0.25) is 5.04 Å². The molecule has 2 bridgehead atoms. The summed E-state index contributed by atoms with van der Waals surface area (Å²) in [5.41, 5.74) is 0.400. The van der Waals surface area contributed by atoms with Crippen LogP contribution in [0.5, 0.6) is 0 Å². The SMILES string of the molecule is Cc1cn([C@@H]2O[C@@]3(CO[Si](c4ccccc4)(c4ccccc4)C(C)(C)C)[C@H](C)O[C@@H]2[C@@H]3OCc2ccc3ccccc3c2)c(=O)nc1NC(=O)c1ccccc1. The van der Waals surface area contributed by atoms with Crippen LogP contribution < -0.4 is 21.4 Å². The molecule has 5 aromatic carbocycles. The molecule has 1 aromatic heterocycles. The van der Waals surface area contributed by atoms with Gasteiger partial charge in [0, 0.05) is 17.3 Å². The number of amides is 1. The highest BCUT2D eigenvalue weighted by atomic mass is 28.4. The van der Waals surface area contributed by atoms with Gasteiger partial charge in [-0.3, -0.25) is 9.36 Å². The maximum atomic E-state index is 13.9. The van der Waals surface area contributed by atoms with Crippen molar-refractivity contribution in [2.24, 2.45) is 0 Å². The van der Waals surface area contributed by atoms with Crippen molar-refractivity contribution in [2.75, 3.05) is 11.9 Å². The highest BCUT2D eigenvalue weighted by Crippen LogP contribution is 2.51. The number of carbonyl (C=O) groups excluding carboxylic acids is 1. The highest BCUT2D eigenvalue weighted by molar-refractivity contribution is 6.99. The normalized spacial score (nSPS) is 22.0. The van der Waals surface area contributed by atoms with Crippen LogP contribution in [0.15, 0.2) is 144 Å². The molecule has 56 heavy (non-hydrogen) atoms. The molecule has 0 aliphatic carbocycles. The second-order valence-electron chi connectivity index (χ2n) is 15.9. The molecule has 1 N–H and O–H groups in total. The number of carbonyl (C=O) groups is 1. The van der Waals surface area contributed by atoms with E-state index in [0.29, 0.717) is 17.7 Å². The zero-order valence-corrected chi connectivity index (χ0v) is 33.3. The first-order valence-electron chi connectivity index (χ1n) is 19.1. The Labute approximate surface area is 328 Å². The lowest BCUT2D eigenvalue weighted by molar-refractivity contribution is -0.218. The molecule has 10 heteroatoms. The van der Waals surface area contributed by atoms with Crippen LogP contribution in [0, 0.1) is 6.92 Å². The Morgan fingerprint density at radius 2 is 1.46 bits per heavy atom. The maximum absolute atomic E-state index is 13.9. The molecule has 5 atom stereocenters. The second kappa shape index (κ2) is 15.0. The van der Waals surface area contributed by atoms with Crippen molar-refractivity contribution in [1.82, 2.24) is 9.55 Å². The van der Waals surface area contributed by atoms with Crippen LogP contribution in [0.4, 0.5) is 5.82 Å². The van der Waals surface area contributed by atoms with E-state index in [9.17, 15) is 9.59 Å². The monoisotopic (exact) mass is 765 g/mol. The average Bonchev–Trinajstić information content (AvgIpc) is 3.66. The molecule has 0 spiro atoms. The number of hydrogen-bond donors (Lipinski definition) is 1. The molecule has 1 amide bonds. The molecule has 2 saturated heterocycles. The van der Waals surface area contributed by atoms with Crippen LogP contribution in [0.1, 0.15) is 55.4 Å². The molecule has 3 heterocycles. The van der Waals surface area contributed by atoms with Gasteiger partial charge in [-0.15, -0.1) is 0 Å². The van der Waals surface area contributed by atoms with Gasteiger partial charge in [0.05, 0.1) is 19.3 Å². The largest absolute Gasteiger partial charge is 0.404 e. The van der Waals surface area contributed by atoms with Gasteiger partial charge in [-0.1, -0.05) is 136 Å². The zero-order chi connectivity index (χ0) is 39.1. The van der Waals surface area contributed by atoms with Crippen molar-refractivity contribution < 1.29 is 23.4 Å². The van der Waals surface area contributed by atoms with E-state index in [4.69, 9.17) is 18.6 Å². The standard InChI is InChI=1S/C46H47N3O6Si/c1-31-28-49(44(51)48-41(31)47-42(50)35-18-9-6-10-19-35)43-39-40(52-29-33-25-26-34-17-15-16-20-36(34)27-33)46(55-43,32(2)54-39)30-53-56(45(3,4)5,37-21-11-7-12-22-37)38-23-13-8-14-24-38/h6-28,32,39-40,43H,29-30H2,1-5H3,(H,47,48,50,51)/t32-,39+,40-,43+,46-/m0/s1. The van der Waals surface area contributed by atoms with Gasteiger partial charge in [0.1, 0.15) is 23.6 Å². The molecule has 2 fully saturated rings. The van der Waals surface area contributed by atoms with Crippen LogP contribution in [-0.4, -0.2) is 54.3 Å². The molecule has 6 aromatic rings. The van der Waals surface area contributed by atoms with Crippen molar-refractivity contribution >= 4 is 41.2 Å². The Morgan fingerprint density at radius 1 is 0.857 bits per heavy atom. The van der Waals surface area contributed by atoms with Crippen LogP contribution >= 0.6 is 0 Å². The fourth-order valence-corrected chi connectivity index (χ4v) is 13.0. The van der Waals surface area contributed by atoms with Gasteiger partial charge in [-0.2, -0.15) is 4.98 Å². The minimum absolute atomic E-state index is 0.156. The van der Waals surface area contributed by atoms with E-state index >= 15 is 0 Å². The smallest absolute Gasteiger partial charge is 0.351 e. The van der Waals surface area contributed by atoms with Crippen molar-refractivity contribution in [3.8, 4) is 0 Å². The summed E-state index contributed by atoms with van der Waals surface area (Å²) in [6, 6.07) is 44.4. The minimum atomic E-state index is -3.02. The molecule has 286 valence electrons. The third-order valence-corrected chi connectivity index (χ3v) is 16.3. The number of hydrogen-bond acceptors (Lipinski definition) is 7. The maximum Gasteiger partial charge on any atom is 0.351 e. The van der Waals surface area contributed by atoms with E-state index in [2.05, 4.69) is 110 Å². The Kier molecular flexibility index (Phi) is 10.1. The summed E-state index contributed by atoms with van der Waals surface area (Å²) in [5, 5.41) is 7.08. The summed E-state index contributed by atoms with van der Waals surface area (Å²) in [4.78, 5) is 31.2. The summed E-state index contributed by atoms with van der Waals surface area (Å²) in [5.74, 6) is -0.167. The fraction of sp³-hybridized carbons (Fsp3) is 0.283. The summed E-state index contributed by atoms with van der Waals surface area (Å²) in [7, 11) is -3.02. The Bertz CT molecular complexity index is 2360. The number of rotatable bonds is 11. The molecular formula is C46H47N3O6Si.